The topological polar surface area (TPSA) is 261 Å². The molecule has 4 aromatic carbocycles. The zero-order valence-electron chi connectivity index (χ0n) is 48.6. The van der Waals surface area contributed by atoms with Gasteiger partial charge in [0.2, 0.25) is 0 Å². The summed E-state index contributed by atoms with van der Waals surface area (Å²) >= 11 is 0. The Bertz CT molecular complexity index is 2330. The Morgan fingerprint density at radius 3 is 0.825 bits per heavy atom. The third kappa shape index (κ3) is 25.1. The first-order valence-corrected chi connectivity index (χ1v) is 27.5. The fraction of sp³-hybridized carbons (Fsp3) is 0.484. The molecule has 0 aromatic heterocycles. The lowest BCUT2D eigenvalue weighted by molar-refractivity contribution is -0.146. The van der Waals surface area contributed by atoms with Gasteiger partial charge in [-0.25, -0.2) is 19.2 Å². The van der Waals surface area contributed by atoms with Gasteiger partial charge in [0, 0.05) is 13.1 Å². The maximum absolute atomic E-state index is 12.4. The van der Waals surface area contributed by atoms with Crippen molar-refractivity contribution in [2.45, 2.75) is 139 Å². The molecular weight excluding hydrogens is 1030 g/mol. The molecule has 0 bridgehead atoms. The SMILES string of the molecule is CCCCCC(C)C.CCCN(CCN(CCC)C(C(=O)O)c1ccc(C(=O)OCC)cc1)C(C(=O)O)c1ccc(C(=O)OCC)cc1.CCOC(=O)c1ccc(C(C)C(=O)O)cc1.CCOC(=O)c1ccc(C(C)C(=O)O)cc1. The number of rotatable bonds is 29. The lowest BCUT2D eigenvalue weighted by Crippen LogP contribution is -2.43. The summed E-state index contributed by atoms with van der Waals surface area (Å²) in [7, 11) is 0. The van der Waals surface area contributed by atoms with Crippen LogP contribution < -0.4 is 0 Å². The van der Waals surface area contributed by atoms with E-state index in [-0.39, 0.29) is 13.2 Å². The van der Waals surface area contributed by atoms with E-state index in [1.807, 2.05) is 23.6 Å². The maximum atomic E-state index is 12.4. The molecule has 0 aliphatic carbocycles. The molecule has 0 amide bonds. The first kappa shape index (κ1) is 70.6. The zero-order chi connectivity index (χ0) is 60.3. The van der Waals surface area contributed by atoms with E-state index < -0.39 is 71.7 Å². The number of carbonyl (C=O) groups is 8. The highest BCUT2D eigenvalue weighted by Crippen LogP contribution is 2.26. The molecule has 4 atom stereocenters. The highest BCUT2D eigenvalue weighted by atomic mass is 16.5. The summed E-state index contributed by atoms with van der Waals surface area (Å²) in [5, 5.41) is 37.9. The van der Waals surface area contributed by atoms with E-state index in [0.29, 0.717) is 96.7 Å². The minimum atomic E-state index is -1.04. The number of aliphatic carboxylic acids is 4. The summed E-state index contributed by atoms with van der Waals surface area (Å²) in [5.74, 6) is -5.82. The number of carboxylic acid groups (broad SMARTS) is 4. The van der Waals surface area contributed by atoms with Gasteiger partial charge < -0.3 is 39.4 Å². The Balaban J connectivity index is 0.000000649. The lowest BCUT2D eigenvalue weighted by Gasteiger charge is -2.34. The van der Waals surface area contributed by atoms with Gasteiger partial charge in [-0.2, -0.15) is 0 Å². The van der Waals surface area contributed by atoms with E-state index in [4.69, 9.17) is 29.2 Å². The van der Waals surface area contributed by atoms with Crippen LogP contribution in [0.15, 0.2) is 97.1 Å². The molecule has 4 rings (SSSR count). The van der Waals surface area contributed by atoms with Crippen LogP contribution in [-0.2, 0) is 38.1 Å². The Hall–Kier alpha value is -7.44. The molecule has 18 heteroatoms. The van der Waals surface area contributed by atoms with E-state index in [9.17, 15) is 48.6 Å². The average Bonchev–Trinajstić information content (AvgIpc) is 3.43. The van der Waals surface area contributed by atoms with Crippen molar-refractivity contribution in [2.24, 2.45) is 5.92 Å². The second-order valence-electron chi connectivity index (χ2n) is 18.9. The van der Waals surface area contributed by atoms with Crippen molar-refractivity contribution < 1.29 is 77.7 Å². The van der Waals surface area contributed by atoms with Gasteiger partial charge in [-0.15, -0.1) is 0 Å². The monoisotopic (exact) mass is 1110 g/mol. The molecule has 0 saturated heterocycles. The van der Waals surface area contributed by atoms with E-state index in [1.54, 1.807) is 139 Å². The highest BCUT2D eigenvalue weighted by Gasteiger charge is 2.31. The summed E-state index contributed by atoms with van der Waals surface area (Å²) in [5.41, 5.74) is 3.90. The van der Waals surface area contributed by atoms with Crippen molar-refractivity contribution in [1.82, 2.24) is 9.80 Å². The number of benzene rings is 4. The predicted molar refractivity (Wildman–Crippen MR) is 305 cm³/mol. The van der Waals surface area contributed by atoms with Gasteiger partial charge in [0.05, 0.1) is 60.5 Å². The molecule has 440 valence electrons. The van der Waals surface area contributed by atoms with Crippen LogP contribution in [0.4, 0.5) is 0 Å². The number of carboxylic acids is 4. The molecule has 0 radical (unpaired) electrons. The van der Waals surface area contributed by atoms with Crippen LogP contribution in [0, 0.1) is 5.92 Å². The second kappa shape index (κ2) is 39.0. The summed E-state index contributed by atoms with van der Waals surface area (Å²) in [6.45, 7) is 23.5. The van der Waals surface area contributed by atoms with Crippen molar-refractivity contribution in [1.29, 1.82) is 0 Å². The Kier molecular flexibility index (Phi) is 34.4. The number of hydrogen-bond acceptors (Lipinski definition) is 14. The smallest absolute Gasteiger partial charge is 0.338 e. The minimum Gasteiger partial charge on any atom is -0.481 e. The minimum absolute atomic E-state index is 0.240. The number of nitrogens with zero attached hydrogens (tertiary/aromatic N) is 2. The first-order chi connectivity index (χ1) is 38.1. The van der Waals surface area contributed by atoms with E-state index in [2.05, 4.69) is 20.8 Å². The van der Waals surface area contributed by atoms with Gasteiger partial charge in [0.15, 0.2) is 0 Å². The molecule has 0 saturated carbocycles. The fourth-order valence-electron chi connectivity index (χ4n) is 7.95. The summed E-state index contributed by atoms with van der Waals surface area (Å²) < 4.78 is 19.7. The van der Waals surface area contributed by atoms with Crippen molar-refractivity contribution in [3.05, 3.63) is 142 Å². The number of ether oxygens (including phenoxy) is 4. The Morgan fingerprint density at radius 2 is 0.625 bits per heavy atom. The summed E-state index contributed by atoms with van der Waals surface area (Å²) in [6.07, 6.45) is 6.99. The van der Waals surface area contributed by atoms with Crippen LogP contribution >= 0.6 is 0 Å². The van der Waals surface area contributed by atoms with E-state index in [1.165, 1.54) is 25.7 Å². The van der Waals surface area contributed by atoms with Crippen molar-refractivity contribution in [3.63, 3.8) is 0 Å². The van der Waals surface area contributed by atoms with Gasteiger partial charge in [0.1, 0.15) is 12.1 Å². The molecule has 0 fully saturated rings. The van der Waals surface area contributed by atoms with Crippen molar-refractivity contribution in [3.8, 4) is 0 Å². The molecule has 18 nitrogen and oxygen atoms in total. The van der Waals surface area contributed by atoms with Crippen LogP contribution in [0.2, 0.25) is 0 Å². The fourth-order valence-corrected chi connectivity index (χ4v) is 7.95. The molecule has 4 aromatic rings. The molecule has 80 heavy (non-hydrogen) atoms. The Morgan fingerprint density at radius 1 is 0.362 bits per heavy atom. The molecular formula is C62H86N2O16. The van der Waals surface area contributed by atoms with Crippen LogP contribution in [0.25, 0.3) is 0 Å². The van der Waals surface area contributed by atoms with Gasteiger partial charge in [-0.3, -0.25) is 29.0 Å². The maximum Gasteiger partial charge on any atom is 0.338 e. The third-order valence-corrected chi connectivity index (χ3v) is 12.3. The summed E-state index contributed by atoms with van der Waals surface area (Å²) in [6, 6.07) is 23.5. The number of esters is 4. The highest BCUT2D eigenvalue weighted by molar-refractivity contribution is 5.91. The van der Waals surface area contributed by atoms with E-state index >= 15 is 0 Å². The number of carbonyl (C=O) groups excluding carboxylic acids is 4. The standard InChI is InChI=1S/C30H40N2O8.2C12H14O4.C8H18/c1-5-17-31(25(27(33)34)21-9-13-23(14-10-21)29(37)39-7-3)19-20-32(18-6-2)26(28(35)36)22-11-15-24(16-12-22)30(38)40-8-4;2*1-3-16-12(15)10-6-4-9(5-7-10)8(2)11(13)14;1-4-5-6-7-8(2)3/h9-16,25-26H,5-8,17-20H2,1-4H3,(H,33,34)(H,35,36);2*4-8H,3H2,1-2H3,(H,13,14);8H,4-7H2,1-3H3. The molecule has 0 spiro atoms. The quantitative estimate of drug-likeness (QED) is 0.0224. The lowest BCUT2D eigenvalue weighted by atomic mass is 10.0. The molecule has 4 N–H and O–H groups in total. The van der Waals surface area contributed by atoms with E-state index in [0.717, 1.165) is 5.92 Å². The zero-order valence-corrected chi connectivity index (χ0v) is 48.6. The average molecular weight is 1120 g/mol. The second-order valence-corrected chi connectivity index (χ2v) is 18.9. The van der Waals surface area contributed by atoms with Crippen LogP contribution in [0.3, 0.4) is 0 Å². The van der Waals surface area contributed by atoms with Crippen molar-refractivity contribution >= 4 is 47.8 Å². The normalized spacial score (nSPS) is 12.1. The third-order valence-electron chi connectivity index (χ3n) is 12.3. The van der Waals surface area contributed by atoms with Crippen LogP contribution in [0.1, 0.15) is 202 Å². The van der Waals surface area contributed by atoms with Gasteiger partial charge in [0.25, 0.3) is 0 Å². The van der Waals surface area contributed by atoms with Crippen molar-refractivity contribution in [2.75, 3.05) is 52.6 Å². The number of unbranched alkanes of at least 4 members (excludes halogenated alkanes) is 2. The summed E-state index contributed by atoms with van der Waals surface area (Å²) in [4.78, 5) is 96.6. The Labute approximate surface area is 472 Å². The van der Waals surface area contributed by atoms with Gasteiger partial charge in [-0.1, -0.05) is 109 Å². The predicted octanol–water partition coefficient (Wildman–Crippen LogP) is 11.7. The largest absolute Gasteiger partial charge is 0.481 e. The molecule has 0 heterocycles. The number of hydrogen-bond donors (Lipinski definition) is 4. The molecule has 0 aliphatic rings. The van der Waals surface area contributed by atoms with Crippen LogP contribution in [0.5, 0.6) is 0 Å². The van der Waals surface area contributed by atoms with Crippen LogP contribution in [-0.4, -0.2) is 131 Å². The first-order valence-electron chi connectivity index (χ1n) is 27.5. The van der Waals surface area contributed by atoms with Gasteiger partial charge in [-0.05, 0) is 144 Å². The van der Waals surface area contributed by atoms with Gasteiger partial charge >= 0.3 is 47.8 Å². The molecule has 0 aliphatic heterocycles. The molecule has 4 unspecified atom stereocenters.